The number of amides is 2. The average Bonchev–Trinajstić information content (AvgIpc) is 3.36. The highest BCUT2D eigenvalue weighted by Gasteiger charge is 2.35. The van der Waals surface area contributed by atoms with Crippen molar-refractivity contribution in [2.24, 2.45) is 0 Å². The third-order valence-corrected chi connectivity index (χ3v) is 6.43. The number of Topliss-reactive ketones (excluding diaryl/α,β-unsaturated/α-hetero) is 1. The van der Waals surface area contributed by atoms with Gasteiger partial charge in [-0.25, -0.2) is 0 Å². The van der Waals surface area contributed by atoms with Crippen molar-refractivity contribution in [2.45, 2.75) is 25.8 Å². The van der Waals surface area contributed by atoms with Gasteiger partial charge in [0.1, 0.15) is 0 Å². The lowest BCUT2D eigenvalue weighted by atomic mass is 10.1. The van der Waals surface area contributed by atoms with E-state index in [4.69, 9.17) is 9.47 Å². The molecule has 9 heteroatoms. The predicted octanol–water partition coefficient (Wildman–Crippen LogP) is 1.60. The number of nitrogens with one attached hydrogen (secondary N) is 1. The zero-order valence-electron chi connectivity index (χ0n) is 16.4. The number of carbonyl (C=O) groups excluding carboxylic acids is 3. The molecule has 156 valence electrons. The third-order valence-electron chi connectivity index (χ3n) is 5.48. The molecule has 1 N–H and O–H groups in total. The monoisotopic (exact) mass is 419 g/mol. The predicted molar refractivity (Wildman–Crippen MR) is 110 cm³/mol. The number of rotatable bonds is 5. The standard InChI is InChI=1S/C20H25N3O5S/c1-13(24)14-9-17-18(28-12-27-17)10-15(14)21-19(25)11-23-4-2-3-16(23)20(26)22-5-7-29-8-6-22/h9-10,16H,2-8,11-12H2,1H3,(H,21,25). The molecule has 3 aliphatic heterocycles. The van der Waals surface area contributed by atoms with Crippen LogP contribution < -0.4 is 14.8 Å². The Labute approximate surface area is 173 Å². The summed E-state index contributed by atoms with van der Waals surface area (Å²) >= 11 is 1.87. The van der Waals surface area contributed by atoms with E-state index in [1.54, 1.807) is 12.1 Å². The molecule has 1 atom stereocenters. The molecule has 1 unspecified atom stereocenters. The van der Waals surface area contributed by atoms with Gasteiger partial charge in [0, 0.05) is 36.2 Å². The zero-order chi connectivity index (χ0) is 20.4. The van der Waals surface area contributed by atoms with Gasteiger partial charge in [-0.2, -0.15) is 11.8 Å². The number of hydrogen-bond donors (Lipinski definition) is 1. The van der Waals surface area contributed by atoms with E-state index in [-0.39, 0.29) is 37.0 Å². The Morgan fingerprint density at radius 3 is 2.59 bits per heavy atom. The molecule has 0 aromatic heterocycles. The van der Waals surface area contributed by atoms with E-state index < -0.39 is 0 Å². The van der Waals surface area contributed by atoms with Crippen LogP contribution in [0.25, 0.3) is 0 Å². The van der Waals surface area contributed by atoms with Crippen LogP contribution in [0.5, 0.6) is 11.5 Å². The fourth-order valence-electron chi connectivity index (χ4n) is 4.00. The number of ketones is 1. The fourth-order valence-corrected chi connectivity index (χ4v) is 4.90. The molecule has 0 saturated carbocycles. The summed E-state index contributed by atoms with van der Waals surface area (Å²) in [6, 6.07) is 2.97. The zero-order valence-corrected chi connectivity index (χ0v) is 17.3. The Balaban J connectivity index is 1.43. The van der Waals surface area contributed by atoms with Crippen molar-refractivity contribution in [2.75, 3.05) is 49.8 Å². The van der Waals surface area contributed by atoms with Crippen LogP contribution in [0.1, 0.15) is 30.1 Å². The number of fused-ring (bicyclic) bond motifs is 1. The van der Waals surface area contributed by atoms with Gasteiger partial charge in [-0.05, 0) is 32.4 Å². The van der Waals surface area contributed by atoms with Crippen LogP contribution >= 0.6 is 11.8 Å². The summed E-state index contributed by atoms with van der Waals surface area (Å²) < 4.78 is 10.7. The number of thioether (sulfide) groups is 1. The van der Waals surface area contributed by atoms with E-state index >= 15 is 0 Å². The minimum absolute atomic E-state index is 0.0939. The second-order valence-electron chi connectivity index (χ2n) is 7.42. The maximum Gasteiger partial charge on any atom is 0.239 e. The van der Waals surface area contributed by atoms with E-state index in [0.717, 1.165) is 37.4 Å². The Morgan fingerprint density at radius 2 is 1.86 bits per heavy atom. The highest BCUT2D eigenvalue weighted by Crippen LogP contribution is 2.37. The van der Waals surface area contributed by atoms with Crippen molar-refractivity contribution in [3.05, 3.63) is 17.7 Å². The van der Waals surface area contributed by atoms with E-state index in [0.29, 0.717) is 29.3 Å². The molecule has 2 fully saturated rings. The molecule has 1 aromatic rings. The largest absolute Gasteiger partial charge is 0.454 e. The number of likely N-dealkylation sites (tertiary alicyclic amines) is 1. The number of ether oxygens (including phenoxy) is 2. The van der Waals surface area contributed by atoms with Gasteiger partial charge in [-0.15, -0.1) is 0 Å². The quantitative estimate of drug-likeness (QED) is 0.725. The number of nitrogens with zero attached hydrogens (tertiary/aromatic N) is 2. The topological polar surface area (TPSA) is 88.2 Å². The summed E-state index contributed by atoms with van der Waals surface area (Å²) in [5.41, 5.74) is 0.782. The SMILES string of the molecule is CC(=O)c1cc2c(cc1NC(=O)CN1CCCC1C(=O)N1CCSCC1)OCO2. The van der Waals surface area contributed by atoms with Gasteiger partial charge in [0.25, 0.3) is 0 Å². The molecule has 4 rings (SSSR count). The van der Waals surface area contributed by atoms with Crippen LogP contribution in [0, 0.1) is 0 Å². The Morgan fingerprint density at radius 1 is 1.14 bits per heavy atom. The van der Waals surface area contributed by atoms with Crippen LogP contribution in [0.4, 0.5) is 5.69 Å². The number of hydrogen-bond acceptors (Lipinski definition) is 7. The molecule has 1 aromatic carbocycles. The fraction of sp³-hybridized carbons (Fsp3) is 0.550. The van der Waals surface area contributed by atoms with E-state index in [2.05, 4.69) is 5.32 Å². The van der Waals surface area contributed by atoms with E-state index in [9.17, 15) is 14.4 Å². The lowest BCUT2D eigenvalue weighted by Crippen LogP contribution is -2.50. The summed E-state index contributed by atoms with van der Waals surface area (Å²) in [6.45, 7) is 3.92. The van der Waals surface area contributed by atoms with E-state index in [1.807, 2.05) is 21.6 Å². The molecule has 29 heavy (non-hydrogen) atoms. The second kappa shape index (κ2) is 8.62. The molecular weight excluding hydrogens is 394 g/mol. The normalized spacial score (nSPS) is 21.3. The number of carbonyl (C=O) groups is 3. The number of anilines is 1. The molecule has 3 aliphatic rings. The highest BCUT2D eigenvalue weighted by atomic mass is 32.2. The Bertz CT molecular complexity index is 825. The average molecular weight is 420 g/mol. The lowest BCUT2D eigenvalue weighted by Gasteiger charge is -2.32. The highest BCUT2D eigenvalue weighted by molar-refractivity contribution is 7.99. The molecule has 0 spiro atoms. The van der Waals surface area contributed by atoms with Crippen molar-refractivity contribution in [3.8, 4) is 11.5 Å². The first-order valence-electron chi connectivity index (χ1n) is 9.88. The van der Waals surface area contributed by atoms with Gasteiger partial charge in [-0.3, -0.25) is 19.3 Å². The summed E-state index contributed by atoms with van der Waals surface area (Å²) in [4.78, 5) is 41.5. The Kier molecular flexibility index (Phi) is 5.96. The maximum absolute atomic E-state index is 12.9. The van der Waals surface area contributed by atoms with Crippen molar-refractivity contribution in [3.63, 3.8) is 0 Å². The molecule has 2 saturated heterocycles. The van der Waals surface area contributed by atoms with Gasteiger partial charge in [0.05, 0.1) is 18.3 Å². The maximum atomic E-state index is 12.9. The minimum Gasteiger partial charge on any atom is -0.454 e. The first-order valence-corrected chi connectivity index (χ1v) is 11.0. The molecule has 2 amide bonds. The summed E-state index contributed by atoms with van der Waals surface area (Å²) in [6.07, 6.45) is 1.67. The lowest BCUT2D eigenvalue weighted by molar-refractivity contribution is -0.136. The van der Waals surface area contributed by atoms with Crippen molar-refractivity contribution < 1.29 is 23.9 Å². The molecule has 8 nitrogen and oxygen atoms in total. The van der Waals surface area contributed by atoms with Gasteiger partial charge in [-0.1, -0.05) is 0 Å². The minimum atomic E-state index is -0.250. The second-order valence-corrected chi connectivity index (χ2v) is 8.65. The smallest absolute Gasteiger partial charge is 0.239 e. The molecule has 3 heterocycles. The summed E-state index contributed by atoms with van der Waals surface area (Å²) in [5.74, 6) is 2.65. The van der Waals surface area contributed by atoms with Crippen LogP contribution in [0.2, 0.25) is 0 Å². The molecule has 0 bridgehead atoms. The van der Waals surface area contributed by atoms with E-state index in [1.165, 1.54) is 6.92 Å². The van der Waals surface area contributed by atoms with Crippen LogP contribution in [0.3, 0.4) is 0 Å². The first kappa shape index (κ1) is 20.0. The molecule has 0 aliphatic carbocycles. The molecular formula is C20H25N3O5S. The van der Waals surface area contributed by atoms with Gasteiger partial charge < -0.3 is 19.7 Å². The molecule has 0 radical (unpaired) electrons. The first-order chi connectivity index (χ1) is 14.0. The van der Waals surface area contributed by atoms with Crippen LogP contribution in [-0.4, -0.2) is 77.9 Å². The van der Waals surface area contributed by atoms with Crippen molar-refractivity contribution in [1.82, 2.24) is 9.80 Å². The van der Waals surface area contributed by atoms with Crippen LogP contribution in [0.15, 0.2) is 12.1 Å². The van der Waals surface area contributed by atoms with Gasteiger partial charge in [0.15, 0.2) is 17.3 Å². The number of benzene rings is 1. The van der Waals surface area contributed by atoms with Crippen LogP contribution in [-0.2, 0) is 9.59 Å². The third kappa shape index (κ3) is 4.35. The van der Waals surface area contributed by atoms with Crippen molar-refractivity contribution >= 4 is 35.0 Å². The van der Waals surface area contributed by atoms with Gasteiger partial charge >= 0.3 is 0 Å². The summed E-state index contributed by atoms with van der Waals surface area (Å²) in [7, 11) is 0. The summed E-state index contributed by atoms with van der Waals surface area (Å²) in [5, 5.41) is 2.82. The van der Waals surface area contributed by atoms with Gasteiger partial charge in [0.2, 0.25) is 18.6 Å². The Hall–Kier alpha value is -2.26. The van der Waals surface area contributed by atoms with Crippen molar-refractivity contribution in [1.29, 1.82) is 0 Å².